The van der Waals surface area contributed by atoms with Gasteiger partial charge in [-0.05, 0) is 31.2 Å². The Morgan fingerprint density at radius 1 is 0.952 bits per heavy atom. The van der Waals surface area contributed by atoms with Crippen molar-refractivity contribution in [2.75, 3.05) is 0 Å². The predicted octanol–water partition coefficient (Wildman–Crippen LogP) is 3.80. The first-order chi connectivity index (χ1) is 10.3. The minimum Gasteiger partial charge on any atom is -0.196 e. The number of aromatic nitrogens is 3. The molecule has 4 nitrogen and oxygen atoms in total. The van der Waals surface area contributed by atoms with E-state index in [0.29, 0.717) is 11.4 Å². The number of aryl methyl sites for hydroxylation is 1. The minimum absolute atomic E-state index is 0.314. The van der Waals surface area contributed by atoms with Gasteiger partial charge in [0, 0.05) is 15.4 Å². The van der Waals surface area contributed by atoms with Crippen molar-refractivity contribution in [2.24, 2.45) is 0 Å². The number of rotatable bonds is 3. The molecule has 0 saturated carbocycles. The zero-order valence-corrected chi connectivity index (χ0v) is 12.2. The summed E-state index contributed by atoms with van der Waals surface area (Å²) in [6, 6.07) is 18.4. The lowest BCUT2D eigenvalue weighted by atomic mass is 10.1. The molecule has 2 aromatic carbocycles. The highest BCUT2D eigenvalue weighted by Crippen LogP contribution is 2.29. The first kappa shape index (κ1) is 13.4. The van der Waals surface area contributed by atoms with Crippen LogP contribution in [-0.2, 0) is 0 Å². The van der Waals surface area contributed by atoms with Gasteiger partial charge in [-0.1, -0.05) is 41.6 Å². The van der Waals surface area contributed by atoms with Gasteiger partial charge in [0.15, 0.2) is 5.69 Å². The number of benzene rings is 2. The molecule has 1 N–H and O–H groups in total. The van der Waals surface area contributed by atoms with Gasteiger partial charge in [0.2, 0.25) is 0 Å². The molecule has 0 aliphatic rings. The van der Waals surface area contributed by atoms with Gasteiger partial charge in [-0.2, -0.15) is 15.6 Å². The first-order valence-corrected chi connectivity index (χ1v) is 7.24. The van der Waals surface area contributed by atoms with E-state index in [-0.39, 0.29) is 0 Å². The van der Waals surface area contributed by atoms with Crippen molar-refractivity contribution in [1.29, 1.82) is 5.26 Å². The normalized spacial score (nSPS) is 10.3. The van der Waals surface area contributed by atoms with Crippen molar-refractivity contribution >= 4 is 11.8 Å². The SMILES string of the molecule is Cc1ccc(Sc2ccc(-c3n[nH]nc3C#N)cc2)cc1. The molecule has 0 amide bonds. The predicted molar refractivity (Wildman–Crippen MR) is 81.8 cm³/mol. The summed E-state index contributed by atoms with van der Waals surface area (Å²) < 4.78 is 0. The number of nitrogens with one attached hydrogen (secondary N) is 1. The molecule has 102 valence electrons. The van der Waals surface area contributed by atoms with Crippen molar-refractivity contribution < 1.29 is 0 Å². The maximum absolute atomic E-state index is 8.96. The summed E-state index contributed by atoms with van der Waals surface area (Å²) in [6.45, 7) is 2.08. The van der Waals surface area contributed by atoms with Gasteiger partial charge in [0.25, 0.3) is 0 Å². The summed E-state index contributed by atoms with van der Waals surface area (Å²) in [5.41, 5.74) is 3.04. The lowest BCUT2D eigenvalue weighted by molar-refractivity contribution is 0.937. The summed E-state index contributed by atoms with van der Waals surface area (Å²) in [5, 5.41) is 19.3. The second kappa shape index (κ2) is 5.81. The van der Waals surface area contributed by atoms with E-state index in [2.05, 4.69) is 46.6 Å². The maximum Gasteiger partial charge on any atom is 0.190 e. The summed E-state index contributed by atoms with van der Waals surface area (Å²) in [6.07, 6.45) is 0. The lowest BCUT2D eigenvalue weighted by Gasteiger charge is -2.03. The lowest BCUT2D eigenvalue weighted by Crippen LogP contribution is -1.83. The fourth-order valence-electron chi connectivity index (χ4n) is 1.93. The fourth-order valence-corrected chi connectivity index (χ4v) is 2.75. The Morgan fingerprint density at radius 2 is 1.57 bits per heavy atom. The van der Waals surface area contributed by atoms with Gasteiger partial charge in [0.1, 0.15) is 11.8 Å². The largest absolute Gasteiger partial charge is 0.196 e. The van der Waals surface area contributed by atoms with Crippen molar-refractivity contribution in [2.45, 2.75) is 16.7 Å². The molecule has 0 atom stereocenters. The van der Waals surface area contributed by atoms with Crippen molar-refractivity contribution in [1.82, 2.24) is 15.4 Å². The molecule has 0 aliphatic carbocycles. The fraction of sp³-hybridized carbons (Fsp3) is 0.0625. The van der Waals surface area contributed by atoms with Crippen LogP contribution < -0.4 is 0 Å². The molecule has 0 fully saturated rings. The Labute approximate surface area is 126 Å². The Bertz CT molecular complexity index is 782. The summed E-state index contributed by atoms with van der Waals surface area (Å²) >= 11 is 1.70. The van der Waals surface area contributed by atoms with Crippen LogP contribution in [0.3, 0.4) is 0 Å². The molecule has 5 heteroatoms. The molecule has 1 aromatic heterocycles. The van der Waals surface area contributed by atoms with Crippen LogP contribution in [0.1, 0.15) is 11.3 Å². The molecule has 3 rings (SSSR count). The third-order valence-electron chi connectivity index (χ3n) is 3.04. The molecule has 0 aliphatic heterocycles. The quantitative estimate of drug-likeness (QED) is 0.797. The molecule has 0 bridgehead atoms. The summed E-state index contributed by atoms with van der Waals surface area (Å²) in [7, 11) is 0. The molecule has 0 radical (unpaired) electrons. The maximum atomic E-state index is 8.96. The van der Waals surface area contributed by atoms with Gasteiger partial charge in [0.05, 0.1) is 0 Å². The smallest absolute Gasteiger partial charge is 0.190 e. The molecule has 3 aromatic rings. The number of hydrogen-bond acceptors (Lipinski definition) is 4. The van der Waals surface area contributed by atoms with E-state index in [9.17, 15) is 0 Å². The van der Waals surface area contributed by atoms with Crippen molar-refractivity contribution in [3.63, 3.8) is 0 Å². The molecule has 0 spiro atoms. The van der Waals surface area contributed by atoms with E-state index in [1.54, 1.807) is 11.8 Å². The molecule has 0 saturated heterocycles. The van der Waals surface area contributed by atoms with Gasteiger partial charge < -0.3 is 0 Å². The zero-order chi connectivity index (χ0) is 14.7. The number of nitrogens with zero attached hydrogens (tertiary/aromatic N) is 3. The highest BCUT2D eigenvalue weighted by Gasteiger charge is 2.09. The van der Waals surface area contributed by atoms with Crippen molar-refractivity contribution in [3.8, 4) is 17.3 Å². The number of aromatic amines is 1. The number of hydrogen-bond donors (Lipinski definition) is 1. The Morgan fingerprint density at radius 3 is 2.19 bits per heavy atom. The number of H-pyrrole nitrogens is 1. The van der Waals surface area contributed by atoms with E-state index >= 15 is 0 Å². The van der Waals surface area contributed by atoms with Crippen LogP contribution in [0.15, 0.2) is 58.3 Å². The average Bonchev–Trinajstić information content (AvgIpc) is 2.99. The van der Waals surface area contributed by atoms with Gasteiger partial charge >= 0.3 is 0 Å². The highest BCUT2D eigenvalue weighted by atomic mass is 32.2. The third-order valence-corrected chi connectivity index (χ3v) is 4.05. The van der Waals surface area contributed by atoms with Crippen LogP contribution in [0.5, 0.6) is 0 Å². The molecule has 1 heterocycles. The molecular formula is C16H12N4S. The minimum atomic E-state index is 0.314. The van der Waals surface area contributed by atoms with E-state index in [1.165, 1.54) is 10.5 Å². The van der Waals surface area contributed by atoms with Crippen LogP contribution in [0.25, 0.3) is 11.3 Å². The van der Waals surface area contributed by atoms with E-state index in [0.717, 1.165) is 10.5 Å². The van der Waals surface area contributed by atoms with Crippen LogP contribution in [0.4, 0.5) is 0 Å². The second-order valence-corrected chi connectivity index (χ2v) is 5.72. The van der Waals surface area contributed by atoms with Crippen molar-refractivity contribution in [3.05, 3.63) is 59.8 Å². The zero-order valence-electron chi connectivity index (χ0n) is 11.4. The second-order valence-electron chi connectivity index (χ2n) is 4.57. The monoisotopic (exact) mass is 292 g/mol. The van der Waals surface area contributed by atoms with Crippen LogP contribution in [-0.4, -0.2) is 15.4 Å². The molecule has 0 unspecified atom stereocenters. The Balaban J connectivity index is 1.81. The third kappa shape index (κ3) is 2.96. The van der Waals surface area contributed by atoms with E-state index in [1.807, 2.05) is 30.3 Å². The van der Waals surface area contributed by atoms with Crippen LogP contribution in [0.2, 0.25) is 0 Å². The van der Waals surface area contributed by atoms with Crippen LogP contribution in [0, 0.1) is 18.3 Å². The van der Waals surface area contributed by atoms with Gasteiger partial charge in [-0.25, -0.2) is 0 Å². The first-order valence-electron chi connectivity index (χ1n) is 6.42. The number of nitriles is 1. The summed E-state index contributed by atoms with van der Waals surface area (Å²) in [5.74, 6) is 0. The average molecular weight is 292 g/mol. The standard InChI is InChI=1S/C16H12N4S/c1-11-2-6-13(7-3-11)21-14-8-4-12(5-9-14)16-15(10-17)18-20-19-16/h2-9H,1H3,(H,18,19,20). The van der Waals surface area contributed by atoms with Gasteiger partial charge in [-0.15, -0.1) is 5.10 Å². The summed E-state index contributed by atoms with van der Waals surface area (Å²) in [4.78, 5) is 2.34. The molecule has 21 heavy (non-hydrogen) atoms. The Hall–Kier alpha value is -2.58. The van der Waals surface area contributed by atoms with E-state index in [4.69, 9.17) is 5.26 Å². The van der Waals surface area contributed by atoms with Crippen LogP contribution >= 0.6 is 11.8 Å². The Kier molecular flexibility index (Phi) is 3.71. The van der Waals surface area contributed by atoms with Gasteiger partial charge in [-0.3, -0.25) is 0 Å². The highest BCUT2D eigenvalue weighted by molar-refractivity contribution is 7.99. The van der Waals surface area contributed by atoms with E-state index < -0.39 is 0 Å². The molecular weight excluding hydrogens is 280 g/mol. The topological polar surface area (TPSA) is 65.4 Å².